The van der Waals surface area contributed by atoms with E-state index in [1.54, 1.807) is 13.8 Å². The summed E-state index contributed by atoms with van der Waals surface area (Å²) in [4.78, 5) is 0. The van der Waals surface area contributed by atoms with Gasteiger partial charge < -0.3 is 0 Å². The minimum atomic E-state index is -4.26. The van der Waals surface area contributed by atoms with E-state index in [4.69, 9.17) is 5.14 Å². The van der Waals surface area contributed by atoms with Crippen molar-refractivity contribution in [1.82, 2.24) is 4.31 Å². The topological polar surface area (TPSA) is 63.4 Å². The van der Waals surface area contributed by atoms with E-state index in [1.807, 2.05) is 0 Å². The maximum atomic E-state index is 11.8. The average molecular weight is 248 g/mol. The molecule has 8 heteroatoms. The van der Waals surface area contributed by atoms with Crippen LogP contribution >= 0.6 is 0 Å². The number of hydrogen-bond donors (Lipinski definition) is 1. The van der Waals surface area contributed by atoms with Crippen molar-refractivity contribution in [2.24, 2.45) is 5.14 Å². The fourth-order valence-electron chi connectivity index (χ4n) is 1.11. The van der Waals surface area contributed by atoms with Crippen LogP contribution in [-0.2, 0) is 10.2 Å². The zero-order chi connectivity index (χ0) is 12.3. The summed E-state index contributed by atoms with van der Waals surface area (Å²) in [5.74, 6) is 0. The van der Waals surface area contributed by atoms with E-state index in [2.05, 4.69) is 0 Å². The molecule has 0 rings (SSSR count). The second-order valence-electron chi connectivity index (χ2n) is 3.47. The molecule has 0 aliphatic heterocycles. The predicted octanol–water partition coefficient (Wildman–Crippen LogP) is 1.24. The van der Waals surface area contributed by atoms with Crippen LogP contribution in [0.4, 0.5) is 13.2 Å². The highest BCUT2D eigenvalue weighted by Crippen LogP contribution is 2.21. The third-order valence-corrected chi connectivity index (χ3v) is 3.00. The van der Waals surface area contributed by atoms with Crippen molar-refractivity contribution >= 4 is 10.2 Å². The molecular weight excluding hydrogens is 233 g/mol. The third kappa shape index (κ3) is 6.69. The van der Waals surface area contributed by atoms with Gasteiger partial charge in [-0.15, -0.1) is 0 Å². The Balaban J connectivity index is 4.23. The van der Waals surface area contributed by atoms with Crippen molar-refractivity contribution in [2.75, 3.05) is 6.54 Å². The number of nitrogens with zero attached hydrogens (tertiary/aromatic N) is 1. The van der Waals surface area contributed by atoms with E-state index < -0.39 is 28.8 Å². The summed E-state index contributed by atoms with van der Waals surface area (Å²) < 4.78 is 58.2. The Kier molecular flexibility index (Phi) is 5.01. The number of alkyl halides is 3. The van der Waals surface area contributed by atoms with Crippen LogP contribution in [0.5, 0.6) is 0 Å². The Morgan fingerprint density at radius 2 is 1.80 bits per heavy atom. The quantitative estimate of drug-likeness (QED) is 0.795. The van der Waals surface area contributed by atoms with Gasteiger partial charge in [0.2, 0.25) is 0 Å². The van der Waals surface area contributed by atoms with Crippen LogP contribution in [0.2, 0.25) is 0 Å². The van der Waals surface area contributed by atoms with Gasteiger partial charge in [-0.3, -0.25) is 0 Å². The van der Waals surface area contributed by atoms with Crippen LogP contribution in [0.25, 0.3) is 0 Å². The molecule has 4 nitrogen and oxygen atoms in total. The lowest BCUT2D eigenvalue weighted by Gasteiger charge is -2.23. The molecule has 2 N–H and O–H groups in total. The molecule has 15 heavy (non-hydrogen) atoms. The van der Waals surface area contributed by atoms with Gasteiger partial charge in [0, 0.05) is 19.0 Å². The molecule has 0 aromatic rings. The highest BCUT2D eigenvalue weighted by atomic mass is 32.2. The maximum Gasteiger partial charge on any atom is 0.389 e. The van der Waals surface area contributed by atoms with Gasteiger partial charge in [0.15, 0.2) is 0 Å². The third-order valence-electron chi connectivity index (χ3n) is 1.74. The second-order valence-corrected chi connectivity index (χ2v) is 4.97. The van der Waals surface area contributed by atoms with Crippen molar-refractivity contribution in [1.29, 1.82) is 0 Å². The summed E-state index contributed by atoms with van der Waals surface area (Å²) in [5.41, 5.74) is 0. The number of hydrogen-bond acceptors (Lipinski definition) is 2. The Bertz CT molecular complexity index is 287. The van der Waals surface area contributed by atoms with E-state index in [0.29, 0.717) is 0 Å². The van der Waals surface area contributed by atoms with Crippen LogP contribution in [-0.4, -0.2) is 31.5 Å². The monoisotopic (exact) mass is 248 g/mol. The molecule has 0 radical (unpaired) electrons. The minimum absolute atomic E-state index is 0.212. The summed E-state index contributed by atoms with van der Waals surface area (Å²) in [6, 6.07) is -0.437. The smallest absolute Gasteiger partial charge is 0.216 e. The molecule has 0 saturated heterocycles. The molecule has 0 aromatic carbocycles. The lowest BCUT2D eigenvalue weighted by Crippen LogP contribution is -2.42. The molecule has 0 atom stereocenters. The molecule has 0 aliphatic rings. The summed E-state index contributed by atoms with van der Waals surface area (Å²) in [5, 5.41) is 4.85. The first-order chi connectivity index (χ1) is 6.54. The molecular formula is C7H15F3N2O2S. The number of halogens is 3. The largest absolute Gasteiger partial charge is 0.389 e. The summed E-state index contributed by atoms with van der Waals surface area (Å²) >= 11 is 0. The average Bonchev–Trinajstić information content (AvgIpc) is 1.92. The van der Waals surface area contributed by atoms with E-state index in [-0.39, 0.29) is 13.0 Å². The summed E-state index contributed by atoms with van der Waals surface area (Å²) in [6.07, 6.45) is -5.55. The maximum absolute atomic E-state index is 11.8. The van der Waals surface area contributed by atoms with Crippen LogP contribution in [0, 0.1) is 0 Å². The van der Waals surface area contributed by atoms with Gasteiger partial charge >= 0.3 is 6.18 Å². The number of rotatable bonds is 5. The van der Waals surface area contributed by atoms with Gasteiger partial charge in [0.25, 0.3) is 10.2 Å². The van der Waals surface area contributed by atoms with Gasteiger partial charge in [-0.25, -0.2) is 5.14 Å². The Hall–Kier alpha value is -0.340. The van der Waals surface area contributed by atoms with Crippen LogP contribution in [0.3, 0.4) is 0 Å². The predicted molar refractivity (Wildman–Crippen MR) is 50.2 cm³/mol. The lowest BCUT2D eigenvalue weighted by molar-refractivity contribution is -0.135. The van der Waals surface area contributed by atoms with Crippen LogP contribution < -0.4 is 5.14 Å². The molecule has 0 spiro atoms. The Labute approximate surface area is 87.4 Å². The fourth-order valence-corrected chi connectivity index (χ4v) is 2.09. The second kappa shape index (κ2) is 5.13. The molecule has 0 fully saturated rings. The zero-order valence-corrected chi connectivity index (χ0v) is 9.40. The summed E-state index contributed by atoms with van der Waals surface area (Å²) in [7, 11) is -3.92. The zero-order valence-electron chi connectivity index (χ0n) is 8.58. The molecule has 0 bridgehead atoms. The highest BCUT2D eigenvalue weighted by Gasteiger charge is 2.28. The molecule has 0 heterocycles. The fraction of sp³-hybridized carbons (Fsp3) is 1.00. The lowest BCUT2D eigenvalue weighted by atomic mass is 10.3. The van der Waals surface area contributed by atoms with Crippen molar-refractivity contribution in [3.05, 3.63) is 0 Å². The van der Waals surface area contributed by atoms with Gasteiger partial charge in [0.05, 0.1) is 0 Å². The molecule has 0 amide bonds. The van der Waals surface area contributed by atoms with Gasteiger partial charge in [-0.2, -0.15) is 25.9 Å². The summed E-state index contributed by atoms with van der Waals surface area (Å²) in [6.45, 7) is 2.89. The van der Waals surface area contributed by atoms with E-state index in [0.717, 1.165) is 4.31 Å². The standard InChI is InChI=1S/C7H15F3N2O2S/c1-6(2)12(15(11,13)14)5-3-4-7(8,9)10/h6H,3-5H2,1-2H3,(H2,11,13,14). The normalized spacial score (nSPS) is 13.9. The van der Waals surface area contributed by atoms with Gasteiger partial charge in [-0.1, -0.05) is 0 Å². The molecule has 92 valence electrons. The van der Waals surface area contributed by atoms with E-state index in [9.17, 15) is 21.6 Å². The molecule has 0 unspecified atom stereocenters. The molecule has 0 aliphatic carbocycles. The minimum Gasteiger partial charge on any atom is -0.216 e. The van der Waals surface area contributed by atoms with Crippen molar-refractivity contribution in [2.45, 2.75) is 38.9 Å². The first-order valence-electron chi connectivity index (χ1n) is 4.40. The van der Waals surface area contributed by atoms with Gasteiger partial charge in [0.1, 0.15) is 0 Å². The van der Waals surface area contributed by atoms with E-state index in [1.165, 1.54) is 0 Å². The molecule has 0 aromatic heterocycles. The SMILES string of the molecule is CC(C)N(CCCC(F)(F)F)S(N)(=O)=O. The molecule has 0 saturated carbocycles. The van der Waals surface area contributed by atoms with Crippen molar-refractivity contribution < 1.29 is 21.6 Å². The Morgan fingerprint density at radius 3 is 2.07 bits per heavy atom. The first kappa shape index (κ1) is 14.7. The first-order valence-corrected chi connectivity index (χ1v) is 5.90. The van der Waals surface area contributed by atoms with Crippen LogP contribution in [0.15, 0.2) is 0 Å². The van der Waals surface area contributed by atoms with Crippen molar-refractivity contribution in [3.63, 3.8) is 0 Å². The Morgan fingerprint density at radius 1 is 1.33 bits per heavy atom. The van der Waals surface area contributed by atoms with Crippen molar-refractivity contribution in [3.8, 4) is 0 Å². The van der Waals surface area contributed by atoms with Crippen LogP contribution in [0.1, 0.15) is 26.7 Å². The number of nitrogens with two attached hydrogens (primary N) is 1. The highest BCUT2D eigenvalue weighted by molar-refractivity contribution is 7.86. The van der Waals surface area contributed by atoms with E-state index >= 15 is 0 Å². The van der Waals surface area contributed by atoms with Gasteiger partial charge in [-0.05, 0) is 20.3 Å².